The zero-order valence-electron chi connectivity index (χ0n) is 10.5. The molecule has 4 heteroatoms. The smallest absolute Gasteiger partial charge is 0.308 e. The second kappa shape index (κ2) is 4.94. The Morgan fingerprint density at radius 3 is 2.71 bits per heavy atom. The summed E-state index contributed by atoms with van der Waals surface area (Å²) >= 11 is 0. The quantitative estimate of drug-likeness (QED) is 0.695. The summed E-state index contributed by atoms with van der Waals surface area (Å²) in [6, 6.07) is 0.0637. The Morgan fingerprint density at radius 2 is 2.18 bits per heavy atom. The maximum Gasteiger partial charge on any atom is 0.308 e. The van der Waals surface area contributed by atoms with Crippen LogP contribution >= 0.6 is 0 Å². The molecule has 98 valence electrons. The summed E-state index contributed by atoms with van der Waals surface area (Å²) < 4.78 is 0. The summed E-state index contributed by atoms with van der Waals surface area (Å²) in [6.07, 6.45) is 5.64. The van der Waals surface area contributed by atoms with Crippen LogP contribution in [0.3, 0.4) is 0 Å². The first-order chi connectivity index (χ1) is 8.00. The molecule has 0 aromatic carbocycles. The van der Waals surface area contributed by atoms with Gasteiger partial charge in [0.2, 0.25) is 0 Å². The standard InChI is InChI=1S/C13H23NO3/c1-9-3-2-6-13(17,7-9)8-14-11-5-4-10(11)12(15)16/h9-11,14,17H,2-8H2,1H3,(H,15,16). The van der Waals surface area contributed by atoms with E-state index in [9.17, 15) is 9.90 Å². The maximum absolute atomic E-state index is 10.9. The molecule has 2 fully saturated rings. The van der Waals surface area contributed by atoms with Crippen LogP contribution < -0.4 is 5.32 Å². The molecule has 0 radical (unpaired) electrons. The minimum atomic E-state index is -0.710. The molecule has 4 atom stereocenters. The van der Waals surface area contributed by atoms with Crippen molar-refractivity contribution in [3.05, 3.63) is 0 Å². The number of nitrogens with one attached hydrogen (secondary N) is 1. The molecule has 2 rings (SSSR count). The third kappa shape index (κ3) is 2.99. The largest absolute Gasteiger partial charge is 0.481 e. The fraction of sp³-hybridized carbons (Fsp3) is 0.923. The van der Waals surface area contributed by atoms with Crippen LogP contribution in [0.4, 0.5) is 0 Å². The lowest BCUT2D eigenvalue weighted by Crippen LogP contribution is -2.53. The maximum atomic E-state index is 10.9. The molecule has 0 aromatic heterocycles. The molecule has 2 aliphatic rings. The van der Waals surface area contributed by atoms with Crippen molar-refractivity contribution in [2.24, 2.45) is 11.8 Å². The van der Waals surface area contributed by atoms with Gasteiger partial charge in [0.15, 0.2) is 0 Å². The number of carbonyl (C=O) groups is 1. The lowest BCUT2D eigenvalue weighted by Gasteiger charge is -2.40. The van der Waals surface area contributed by atoms with Crippen LogP contribution in [0, 0.1) is 11.8 Å². The molecule has 0 heterocycles. The van der Waals surface area contributed by atoms with Gasteiger partial charge in [0.25, 0.3) is 0 Å². The fourth-order valence-electron chi connectivity index (χ4n) is 3.15. The number of rotatable bonds is 4. The zero-order chi connectivity index (χ0) is 12.5. The van der Waals surface area contributed by atoms with Crippen LogP contribution in [0.5, 0.6) is 0 Å². The van der Waals surface area contributed by atoms with Crippen molar-refractivity contribution in [2.45, 2.75) is 57.1 Å². The molecule has 0 amide bonds. The topological polar surface area (TPSA) is 69.6 Å². The van der Waals surface area contributed by atoms with Gasteiger partial charge < -0.3 is 15.5 Å². The zero-order valence-corrected chi connectivity index (χ0v) is 10.5. The first-order valence-corrected chi connectivity index (χ1v) is 6.69. The molecule has 0 aliphatic heterocycles. The molecule has 0 spiro atoms. The van der Waals surface area contributed by atoms with Gasteiger partial charge in [-0.25, -0.2) is 0 Å². The molecular weight excluding hydrogens is 218 g/mol. The van der Waals surface area contributed by atoms with Crippen LogP contribution in [-0.2, 0) is 4.79 Å². The van der Waals surface area contributed by atoms with E-state index in [4.69, 9.17) is 5.11 Å². The summed E-state index contributed by atoms with van der Waals surface area (Å²) in [7, 11) is 0. The third-order valence-electron chi connectivity index (χ3n) is 4.35. The number of carboxylic acid groups (broad SMARTS) is 1. The van der Waals surface area contributed by atoms with E-state index in [0.717, 1.165) is 32.1 Å². The summed E-state index contributed by atoms with van der Waals surface area (Å²) in [5.74, 6) is -0.385. The predicted molar refractivity (Wildman–Crippen MR) is 64.7 cm³/mol. The van der Waals surface area contributed by atoms with Gasteiger partial charge in [0, 0.05) is 12.6 Å². The Labute approximate surface area is 102 Å². The molecular formula is C13H23NO3. The van der Waals surface area contributed by atoms with E-state index in [0.29, 0.717) is 12.5 Å². The Morgan fingerprint density at radius 1 is 1.41 bits per heavy atom. The van der Waals surface area contributed by atoms with Gasteiger partial charge in [-0.3, -0.25) is 4.79 Å². The van der Waals surface area contributed by atoms with Gasteiger partial charge >= 0.3 is 5.97 Å². The van der Waals surface area contributed by atoms with E-state index in [-0.39, 0.29) is 12.0 Å². The number of aliphatic carboxylic acids is 1. The summed E-state index contributed by atoms with van der Waals surface area (Å²) in [5, 5.41) is 22.6. The van der Waals surface area contributed by atoms with Crippen LogP contribution in [0.25, 0.3) is 0 Å². The van der Waals surface area contributed by atoms with Crippen molar-refractivity contribution in [1.82, 2.24) is 5.32 Å². The lowest BCUT2D eigenvalue weighted by atomic mass is 9.76. The Hall–Kier alpha value is -0.610. The van der Waals surface area contributed by atoms with E-state index >= 15 is 0 Å². The molecule has 2 saturated carbocycles. The minimum absolute atomic E-state index is 0.0637. The van der Waals surface area contributed by atoms with Gasteiger partial charge in [-0.05, 0) is 31.6 Å². The number of hydrogen-bond donors (Lipinski definition) is 3. The average molecular weight is 241 g/mol. The van der Waals surface area contributed by atoms with E-state index in [1.54, 1.807) is 0 Å². The van der Waals surface area contributed by atoms with Crippen molar-refractivity contribution < 1.29 is 15.0 Å². The number of hydrogen-bond acceptors (Lipinski definition) is 3. The molecule has 4 nitrogen and oxygen atoms in total. The van der Waals surface area contributed by atoms with Crippen molar-refractivity contribution >= 4 is 5.97 Å². The number of aliphatic hydroxyl groups is 1. The monoisotopic (exact) mass is 241 g/mol. The molecule has 17 heavy (non-hydrogen) atoms. The molecule has 3 N–H and O–H groups in total. The predicted octanol–water partition coefficient (Wildman–Crippen LogP) is 1.38. The molecule has 0 aromatic rings. The average Bonchev–Trinajstić information content (AvgIpc) is 2.14. The van der Waals surface area contributed by atoms with E-state index < -0.39 is 11.6 Å². The SMILES string of the molecule is CC1CCCC(O)(CNC2CCC2C(=O)O)C1. The highest BCUT2D eigenvalue weighted by Gasteiger charge is 2.39. The van der Waals surface area contributed by atoms with Gasteiger partial charge in [-0.1, -0.05) is 19.8 Å². The van der Waals surface area contributed by atoms with Crippen LogP contribution in [0.1, 0.15) is 45.4 Å². The van der Waals surface area contributed by atoms with Gasteiger partial charge in [-0.15, -0.1) is 0 Å². The lowest BCUT2D eigenvalue weighted by molar-refractivity contribution is -0.146. The van der Waals surface area contributed by atoms with Crippen molar-refractivity contribution in [1.29, 1.82) is 0 Å². The van der Waals surface area contributed by atoms with Crippen LogP contribution in [0.2, 0.25) is 0 Å². The van der Waals surface area contributed by atoms with Crippen molar-refractivity contribution in [3.8, 4) is 0 Å². The fourth-order valence-corrected chi connectivity index (χ4v) is 3.15. The van der Waals surface area contributed by atoms with Gasteiger partial charge in [-0.2, -0.15) is 0 Å². The first kappa shape index (κ1) is 12.8. The van der Waals surface area contributed by atoms with Gasteiger partial charge in [0.1, 0.15) is 0 Å². The second-order valence-corrected chi connectivity index (χ2v) is 5.94. The Balaban J connectivity index is 1.79. The van der Waals surface area contributed by atoms with E-state index in [1.807, 2.05) is 0 Å². The molecule has 2 aliphatic carbocycles. The molecule has 4 unspecified atom stereocenters. The molecule has 0 saturated heterocycles. The van der Waals surface area contributed by atoms with Crippen LogP contribution in [0.15, 0.2) is 0 Å². The van der Waals surface area contributed by atoms with Crippen molar-refractivity contribution in [3.63, 3.8) is 0 Å². The number of carboxylic acids is 1. The van der Waals surface area contributed by atoms with E-state index in [2.05, 4.69) is 12.2 Å². The normalized spacial score (nSPS) is 41.9. The Bertz CT molecular complexity index is 294. The Kier molecular flexibility index (Phi) is 3.73. The van der Waals surface area contributed by atoms with Gasteiger partial charge in [0.05, 0.1) is 11.5 Å². The summed E-state index contributed by atoms with van der Waals surface area (Å²) in [4.78, 5) is 10.9. The van der Waals surface area contributed by atoms with Crippen LogP contribution in [-0.4, -0.2) is 34.4 Å². The summed E-state index contributed by atoms with van der Waals surface area (Å²) in [6.45, 7) is 2.72. The first-order valence-electron chi connectivity index (χ1n) is 6.69. The highest BCUT2D eigenvalue weighted by atomic mass is 16.4. The highest BCUT2D eigenvalue weighted by Crippen LogP contribution is 2.33. The highest BCUT2D eigenvalue weighted by molar-refractivity contribution is 5.72. The van der Waals surface area contributed by atoms with E-state index in [1.165, 1.54) is 6.42 Å². The summed E-state index contributed by atoms with van der Waals surface area (Å²) in [5.41, 5.74) is -0.615. The molecule has 0 bridgehead atoms. The second-order valence-electron chi connectivity index (χ2n) is 5.94. The van der Waals surface area contributed by atoms with Crippen molar-refractivity contribution in [2.75, 3.05) is 6.54 Å². The third-order valence-corrected chi connectivity index (χ3v) is 4.35. The minimum Gasteiger partial charge on any atom is -0.481 e.